The molecule has 0 saturated heterocycles. The molecule has 1 aromatic carbocycles. The molecular weight excluding hydrogens is 321 g/mol. The molecule has 0 fully saturated rings. The first-order chi connectivity index (χ1) is 8.58. The Hall–Kier alpha value is -1.26. The lowest BCUT2D eigenvalue weighted by Gasteiger charge is -2.03. The van der Waals surface area contributed by atoms with Gasteiger partial charge in [-0.3, -0.25) is 9.78 Å². The van der Waals surface area contributed by atoms with Gasteiger partial charge in [0.25, 0.3) is 0 Å². The van der Waals surface area contributed by atoms with E-state index in [4.69, 9.17) is 11.6 Å². The molecule has 0 radical (unpaired) electrons. The maximum Gasteiger partial charge on any atom is 0.171 e. The standard InChI is InChI=1S/C13H8BrClFNO/c14-8-4-5-9(17-7-8)6-12(18)10-2-1-3-11(15)13(10)16/h1-5,7H,6H2. The van der Waals surface area contributed by atoms with Crippen molar-refractivity contribution in [1.82, 2.24) is 4.98 Å². The van der Waals surface area contributed by atoms with E-state index in [1.807, 2.05) is 0 Å². The molecule has 0 amide bonds. The van der Waals surface area contributed by atoms with E-state index in [1.54, 1.807) is 24.4 Å². The maximum atomic E-state index is 13.6. The van der Waals surface area contributed by atoms with Gasteiger partial charge >= 0.3 is 0 Å². The van der Waals surface area contributed by atoms with Crippen molar-refractivity contribution in [3.8, 4) is 0 Å². The van der Waals surface area contributed by atoms with Gasteiger partial charge in [-0.05, 0) is 40.2 Å². The number of carbonyl (C=O) groups is 1. The molecule has 1 aromatic heterocycles. The number of hydrogen-bond acceptors (Lipinski definition) is 2. The van der Waals surface area contributed by atoms with Gasteiger partial charge in [0.1, 0.15) is 0 Å². The fourth-order valence-corrected chi connectivity index (χ4v) is 1.90. The van der Waals surface area contributed by atoms with E-state index in [-0.39, 0.29) is 22.8 Å². The molecule has 0 spiro atoms. The van der Waals surface area contributed by atoms with Crippen LogP contribution in [0.5, 0.6) is 0 Å². The zero-order valence-corrected chi connectivity index (χ0v) is 11.5. The highest BCUT2D eigenvalue weighted by molar-refractivity contribution is 9.10. The van der Waals surface area contributed by atoms with Crippen LogP contribution < -0.4 is 0 Å². The van der Waals surface area contributed by atoms with E-state index in [0.717, 1.165) is 4.47 Å². The van der Waals surface area contributed by atoms with Crippen molar-refractivity contribution in [1.29, 1.82) is 0 Å². The summed E-state index contributed by atoms with van der Waals surface area (Å²) in [5, 5.41) is -0.0513. The summed E-state index contributed by atoms with van der Waals surface area (Å²) in [7, 11) is 0. The van der Waals surface area contributed by atoms with Crippen molar-refractivity contribution in [3.63, 3.8) is 0 Å². The minimum atomic E-state index is -0.679. The van der Waals surface area contributed by atoms with Crippen molar-refractivity contribution in [3.05, 3.63) is 63.1 Å². The Morgan fingerprint density at radius 2 is 2.11 bits per heavy atom. The number of aromatic nitrogens is 1. The van der Waals surface area contributed by atoms with Crippen LogP contribution in [-0.2, 0) is 6.42 Å². The van der Waals surface area contributed by atoms with E-state index in [9.17, 15) is 9.18 Å². The van der Waals surface area contributed by atoms with Crippen molar-refractivity contribution in [2.24, 2.45) is 0 Å². The largest absolute Gasteiger partial charge is 0.294 e. The molecule has 0 aliphatic rings. The van der Waals surface area contributed by atoms with Crippen LogP contribution in [0.15, 0.2) is 41.0 Å². The Morgan fingerprint density at radius 1 is 1.33 bits per heavy atom. The predicted molar refractivity (Wildman–Crippen MR) is 71.4 cm³/mol. The van der Waals surface area contributed by atoms with Gasteiger partial charge < -0.3 is 0 Å². The topological polar surface area (TPSA) is 30.0 Å². The Morgan fingerprint density at radius 3 is 2.78 bits per heavy atom. The summed E-state index contributed by atoms with van der Waals surface area (Å²) in [5.74, 6) is -1.02. The minimum Gasteiger partial charge on any atom is -0.294 e. The highest BCUT2D eigenvalue weighted by Gasteiger charge is 2.14. The summed E-state index contributed by atoms with van der Waals surface area (Å²) < 4.78 is 14.5. The van der Waals surface area contributed by atoms with Gasteiger partial charge in [-0.15, -0.1) is 0 Å². The second-order valence-corrected chi connectivity index (χ2v) is 4.99. The molecule has 0 aliphatic carbocycles. The third-order valence-electron chi connectivity index (χ3n) is 2.38. The van der Waals surface area contributed by atoms with Gasteiger partial charge in [-0.25, -0.2) is 4.39 Å². The van der Waals surface area contributed by atoms with Crippen LogP contribution in [0.1, 0.15) is 16.1 Å². The van der Waals surface area contributed by atoms with E-state index < -0.39 is 5.82 Å². The van der Waals surface area contributed by atoms with Crippen molar-refractivity contribution in [2.75, 3.05) is 0 Å². The number of halogens is 3. The maximum absolute atomic E-state index is 13.6. The summed E-state index contributed by atoms with van der Waals surface area (Å²) in [4.78, 5) is 16.0. The number of pyridine rings is 1. The van der Waals surface area contributed by atoms with Crippen LogP contribution in [0, 0.1) is 5.82 Å². The first kappa shape index (κ1) is 13.2. The molecule has 0 bridgehead atoms. The molecule has 0 atom stereocenters. The van der Waals surface area contributed by atoms with E-state index in [0.29, 0.717) is 5.69 Å². The van der Waals surface area contributed by atoms with Crippen LogP contribution in [0.4, 0.5) is 4.39 Å². The number of Topliss-reactive ketones (excluding diaryl/α,β-unsaturated/α-hetero) is 1. The fraction of sp³-hybridized carbons (Fsp3) is 0.0769. The highest BCUT2D eigenvalue weighted by atomic mass is 79.9. The average molecular weight is 329 g/mol. The zero-order chi connectivity index (χ0) is 13.1. The van der Waals surface area contributed by atoms with Crippen LogP contribution in [-0.4, -0.2) is 10.8 Å². The molecule has 18 heavy (non-hydrogen) atoms. The Labute approximate surface area is 117 Å². The number of ketones is 1. The SMILES string of the molecule is O=C(Cc1ccc(Br)cn1)c1cccc(Cl)c1F. The molecular formula is C13H8BrClFNO. The second-order valence-electron chi connectivity index (χ2n) is 3.67. The number of rotatable bonds is 3. The molecule has 2 aromatic rings. The molecule has 2 rings (SSSR count). The highest BCUT2D eigenvalue weighted by Crippen LogP contribution is 2.19. The molecule has 0 saturated carbocycles. The van der Waals surface area contributed by atoms with E-state index >= 15 is 0 Å². The lowest BCUT2D eigenvalue weighted by atomic mass is 10.1. The minimum absolute atomic E-state index is 0.00720. The third-order valence-corrected chi connectivity index (χ3v) is 3.14. The summed E-state index contributed by atoms with van der Waals surface area (Å²) in [5.41, 5.74) is 0.579. The van der Waals surface area contributed by atoms with E-state index in [2.05, 4.69) is 20.9 Å². The third kappa shape index (κ3) is 2.94. The van der Waals surface area contributed by atoms with Crippen LogP contribution in [0.2, 0.25) is 5.02 Å². The van der Waals surface area contributed by atoms with Gasteiger partial charge in [0, 0.05) is 16.4 Å². The van der Waals surface area contributed by atoms with Crippen molar-refractivity contribution >= 4 is 33.3 Å². The first-order valence-corrected chi connectivity index (χ1v) is 6.32. The molecule has 92 valence electrons. The van der Waals surface area contributed by atoms with E-state index in [1.165, 1.54) is 12.1 Å². The monoisotopic (exact) mass is 327 g/mol. The van der Waals surface area contributed by atoms with Crippen molar-refractivity contribution in [2.45, 2.75) is 6.42 Å². The number of nitrogens with zero attached hydrogens (tertiary/aromatic N) is 1. The smallest absolute Gasteiger partial charge is 0.171 e. The normalized spacial score (nSPS) is 10.4. The average Bonchev–Trinajstić information content (AvgIpc) is 2.35. The van der Waals surface area contributed by atoms with Gasteiger partial charge in [-0.2, -0.15) is 0 Å². The lowest BCUT2D eigenvalue weighted by molar-refractivity contribution is 0.0988. The molecule has 2 nitrogen and oxygen atoms in total. The number of benzene rings is 1. The van der Waals surface area contributed by atoms with Gasteiger partial charge in [0.05, 0.1) is 17.0 Å². The Balaban J connectivity index is 2.22. The first-order valence-electron chi connectivity index (χ1n) is 5.15. The summed E-state index contributed by atoms with van der Waals surface area (Å²) >= 11 is 8.89. The quantitative estimate of drug-likeness (QED) is 0.795. The molecule has 0 N–H and O–H groups in total. The van der Waals surface area contributed by atoms with Crippen LogP contribution >= 0.6 is 27.5 Å². The lowest BCUT2D eigenvalue weighted by Crippen LogP contribution is -2.07. The summed E-state index contributed by atoms with van der Waals surface area (Å²) in [6.45, 7) is 0. The summed E-state index contributed by atoms with van der Waals surface area (Å²) in [6.07, 6.45) is 1.64. The molecule has 0 aliphatic heterocycles. The summed E-state index contributed by atoms with van der Waals surface area (Å²) in [6, 6.07) is 7.87. The second kappa shape index (κ2) is 5.59. The molecule has 5 heteroatoms. The number of hydrogen-bond donors (Lipinski definition) is 0. The van der Waals surface area contributed by atoms with Gasteiger partial charge in [0.15, 0.2) is 11.6 Å². The van der Waals surface area contributed by atoms with Gasteiger partial charge in [-0.1, -0.05) is 17.7 Å². The number of carbonyl (C=O) groups excluding carboxylic acids is 1. The van der Waals surface area contributed by atoms with Crippen LogP contribution in [0.25, 0.3) is 0 Å². The van der Waals surface area contributed by atoms with Crippen molar-refractivity contribution < 1.29 is 9.18 Å². The zero-order valence-electron chi connectivity index (χ0n) is 9.16. The molecule has 0 unspecified atom stereocenters. The fourth-order valence-electron chi connectivity index (χ4n) is 1.49. The Bertz CT molecular complexity index is 586. The van der Waals surface area contributed by atoms with Crippen LogP contribution in [0.3, 0.4) is 0 Å². The Kier molecular flexibility index (Phi) is 4.09. The predicted octanol–water partition coefficient (Wildman–Crippen LogP) is 4.06. The molecule has 1 heterocycles. The van der Waals surface area contributed by atoms with Gasteiger partial charge in [0.2, 0.25) is 0 Å².